The molecule has 0 saturated carbocycles. The van der Waals surface area contributed by atoms with Gasteiger partial charge in [-0.2, -0.15) is 0 Å². The van der Waals surface area contributed by atoms with Gasteiger partial charge in [0.25, 0.3) is 0 Å². The Bertz CT molecular complexity index is 541. The first-order valence-electron chi connectivity index (χ1n) is 6.93. The van der Waals surface area contributed by atoms with Gasteiger partial charge in [-0.1, -0.05) is 26.0 Å². The SMILES string of the molecule is CC(C)C[C@@H](NC(=O)Cc1ccc(OC(F)(F)F)cc1)C(=O)O. The molecule has 0 unspecified atom stereocenters. The van der Waals surface area contributed by atoms with Gasteiger partial charge in [0.05, 0.1) is 6.42 Å². The van der Waals surface area contributed by atoms with Crippen LogP contribution in [0, 0.1) is 5.92 Å². The number of alkyl halides is 3. The van der Waals surface area contributed by atoms with Gasteiger partial charge in [-0.3, -0.25) is 4.79 Å². The molecule has 0 aliphatic heterocycles. The second-order valence-electron chi connectivity index (χ2n) is 5.46. The zero-order valence-corrected chi connectivity index (χ0v) is 12.7. The van der Waals surface area contributed by atoms with Crippen LogP contribution in [0.25, 0.3) is 0 Å². The molecule has 8 heteroatoms. The molecule has 0 fully saturated rings. The third-order valence-electron chi connectivity index (χ3n) is 2.86. The van der Waals surface area contributed by atoms with E-state index in [1.807, 2.05) is 13.8 Å². The number of halogens is 3. The number of carbonyl (C=O) groups excluding carboxylic acids is 1. The minimum Gasteiger partial charge on any atom is -0.480 e. The lowest BCUT2D eigenvalue weighted by molar-refractivity contribution is -0.274. The summed E-state index contributed by atoms with van der Waals surface area (Å²) in [5, 5.41) is 11.4. The van der Waals surface area contributed by atoms with Gasteiger partial charge in [0.2, 0.25) is 5.91 Å². The van der Waals surface area contributed by atoms with Gasteiger partial charge in [0.1, 0.15) is 11.8 Å². The smallest absolute Gasteiger partial charge is 0.480 e. The zero-order valence-electron chi connectivity index (χ0n) is 12.7. The van der Waals surface area contributed by atoms with Crippen molar-refractivity contribution in [2.24, 2.45) is 5.92 Å². The van der Waals surface area contributed by atoms with E-state index in [4.69, 9.17) is 5.11 Å². The van der Waals surface area contributed by atoms with Crippen LogP contribution in [0.1, 0.15) is 25.8 Å². The standard InChI is InChI=1S/C15H18F3NO4/c1-9(2)7-12(14(21)22)19-13(20)8-10-3-5-11(6-4-10)23-15(16,17)18/h3-6,9,12H,7-8H2,1-2H3,(H,19,20)(H,21,22)/t12-/m1/s1. The van der Waals surface area contributed by atoms with E-state index < -0.39 is 24.3 Å². The normalized spacial score (nSPS) is 12.8. The summed E-state index contributed by atoms with van der Waals surface area (Å²) in [7, 11) is 0. The fourth-order valence-electron chi connectivity index (χ4n) is 1.93. The van der Waals surface area contributed by atoms with Crippen molar-refractivity contribution >= 4 is 11.9 Å². The highest BCUT2D eigenvalue weighted by molar-refractivity contribution is 5.84. The first-order chi connectivity index (χ1) is 10.6. The van der Waals surface area contributed by atoms with Gasteiger partial charge in [-0.15, -0.1) is 13.2 Å². The number of benzene rings is 1. The van der Waals surface area contributed by atoms with Crippen LogP contribution >= 0.6 is 0 Å². The van der Waals surface area contributed by atoms with Gasteiger partial charge < -0.3 is 15.2 Å². The Morgan fingerprint density at radius 2 is 1.78 bits per heavy atom. The Morgan fingerprint density at radius 3 is 2.22 bits per heavy atom. The molecule has 0 heterocycles. The minimum absolute atomic E-state index is 0.0928. The summed E-state index contributed by atoms with van der Waals surface area (Å²) in [4.78, 5) is 22.9. The van der Waals surface area contributed by atoms with Gasteiger partial charge in [-0.25, -0.2) is 4.79 Å². The molecule has 0 aliphatic rings. The molecule has 1 aromatic rings. The van der Waals surface area contributed by atoms with Crippen molar-refractivity contribution < 1.29 is 32.6 Å². The number of hydrogen-bond acceptors (Lipinski definition) is 3. The molecule has 2 N–H and O–H groups in total. The highest BCUT2D eigenvalue weighted by Gasteiger charge is 2.31. The lowest BCUT2D eigenvalue weighted by Gasteiger charge is -2.16. The quantitative estimate of drug-likeness (QED) is 0.804. The van der Waals surface area contributed by atoms with E-state index in [0.717, 1.165) is 12.1 Å². The third kappa shape index (κ3) is 7.53. The number of ether oxygens (including phenoxy) is 1. The molecule has 1 amide bonds. The summed E-state index contributed by atoms with van der Waals surface area (Å²) < 4.78 is 39.8. The van der Waals surface area contributed by atoms with Crippen LogP contribution in [0.15, 0.2) is 24.3 Å². The summed E-state index contributed by atoms with van der Waals surface area (Å²) in [5.41, 5.74) is 0.450. The van der Waals surface area contributed by atoms with Crippen LogP contribution < -0.4 is 10.1 Å². The fraction of sp³-hybridized carbons (Fsp3) is 0.467. The Kier molecular flexibility index (Phi) is 6.41. The molecule has 1 atom stereocenters. The lowest BCUT2D eigenvalue weighted by atomic mass is 10.0. The average Bonchev–Trinajstić information content (AvgIpc) is 2.38. The maximum absolute atomic E-state index is 12.0. The molecule has 0 radical (unpaired) electrons. The van der Waals surface area contributed by atoms with Crippen molar-refractivity contribution in [3.63, 3.8) is 0 Å². The minimum atomic E-state index is -4.77. The van der Waals surface area contributed by atoms with Gasteiger partial charge >= 0.3 is 12.3 Å². The highest BCUT2D eigenvalue weighted by Crippen LogP contribution is 2.22. The Balaban J connectivity index is 2.61. The second-order valence-corrected chi connectivity index (χ2v) is 5.46. The number of carbonyl (C=O) groups is 2. The van der Waals surface area contributed by atoms with E-state index >= 15 is 0 Å². The summed E-state index contributed by atoms with van der Waals surface area (Å²) in [5.74, 6) is -1.93. The highest BCUT2D eigenvalue weighted by atomic mass is 19.4. The number of aliphatic carboxylic acids is 1. The molecule has 0 aliphatic carbocycles. The molecule has 0 saturated heterocycles. The van der Waals surface area contributed by atoms with Crippen molar-refractivity contribution in [1.82, 2.24) is 5.32 Å². The molecule has 5 nitrogen and oxygen atoms in total. The predicted octanol–water partition coefficient (Wildman–Crippen LogP) is 2.74. The summed E-state index contributed by atoms with van der Waals surface area (Å²) >= 11 is 0. The summed E-state index contributed by atoms with van der Waals surface area (Å²) in [6.45, 7) is 3.67. The van der Waals surface area contributed by atoms with E-state index in [1.54, 1.807) is 0 Å². The van der Waals surface area contributed by atoms with Crippen molar-refractivity contribution in [1.29, 1.82) is 0 Å². The van der Waals surface area contributed by atoms with Crippen LogP contribution in [0.3, 0.4) is 0 Å². The molecule has 0 aromatic heterocycles. The van der Waals surface area contributed by atoms with Crippen LogP contribution in [0.4, 0.5) is 13.2 Å². The number of rotatable bonds is 7. The summed E-state index contributed by atoms with van der Waals surface area (Å²) in [6, 6.07) is 3.84. The van der Waals surface area contributed by atoms with Gasteiger partial charge in [0, 0.05) is 0 Å². The predicted molar refractivity (Wildman–Crippen MR) is 75.9 cm³/mol. The van der Waals surface area contributed by atoms with Crippen molar-refractivity contribution in [3.05, 3.63) is 29.8 Å². The molecule has 1 rings (SSSR count). The fourth-order valence-corrected chi connectivity index (χ4v) is 1.93. The van der Waals surface area contributed by atoms with Crippen LogP contribution in [0.5, 0.6) is 5.75 Å². The van der Waals surface area contributed by atoms with Crippen LogP contribution in [-0.2, 0) is 16.0 Å². The molecule has 128 valence electrons. The number of carboxylic acids is 1. The molecule has 1 aromatic carbocycles. The topological polar surface area (TPSA) is 75.6 Å². The zero-order chi connectivity index (χ0) is 17.6. The number of hydrogen-bond donors (Lipinski definition) is 2. The van der Waals surface area contributed by atoms with Crippen LogP contribution in [-0.4, -0.2) is 29.4 Å². The summed E-state index contributed by atoms with van der Waals surface area (Å²) in [6.07, 6.45) is -4.61. The first kappa shape index (κ1) is 18.8. The maximum atomic E-state index is 12.0. The molecule has 0 bridgehead atoms. The largest absolute Gasteiger partial charge is 0.573 e. The number of amides is 1. The van der Waals surface area contributed by atoms with E-state index in [0.29, 0.717) is 12.0 Å². The van der Waals surface area contributed by atoms with Gasteiger partial charge in [0.15, 0.2) is 0 Å². The Hall–Kier alpha value is -2.25. The van der Waals surface area contributed by atoms with Gasteiger partial charge in [-0.05, 0) is 30.0 Å². The number of nitrogens with one attached hydrogen (secondary N) is 1. The van der Waals surface area contributed by atoms with Crippen LogP contribution in [0.2, 0.25) is 0 Å². The maximum Gasteiger partial charge on any atom is 0.573 e. The van der Waals surface area contributed by atoms with E-state index in [-0.39, 0.29) is 18.1 Å². The van der Waals surface area contributed by atoms with Crippen molar-refractivity contribution in [3.8, 4) is 5.75 Å². The lowest BCUT2D eigenvalue weighted by Crippen LogP contribution is -2.42. The monoisotopic (exact) mass is 333 g/mol. The molecular formula is C15H18F3NO4. The van der Waals surface area contributed by atoms with Crippen molar-refractivity contribution in [2.45, 2.75) is 39.1 Å². The third-order valence-corrected chi connectivity index (χ3v) is 2.86. The van der Waals surface area contributed by atoms with E-state index in [9.17, 15) is 22.8 Å². The van der Waals surface area contributed by atoms with Crippen molar-refractivity contribution in [2.75, 3.05) is 0 Å². The Labute approximate surface area is 131 Å². The van der Waals surface area contributed by atoms with E-state index in [2.05, 4.69) is 10.1 Å². The van der Waals surface area contributed by atoms with E-state index in [1.165, 1.54) is 12.1 Å². The first-order valence-corrected chi connectivity index (χ1v) is 6.93. The molecule has 23 heavy (non-hydrogen) atoms. The molecular weight excluding hydrogens is 315 g/mol. The number of carboxylic acid groups (broad SMARTS) is 1. The average molecular weight is 333 g/mol. The molecule has 0 spiro atoms. The second kappa shape index (κ2) is 7.85. The Morgan fingerprint density at radius 1 is 1.22 bits per heavy atom.